The van der Waals surface area contributed by atoms with E-state index in [1.165, 1.54) is 24.3 Å². The number of H-pyrrole nitrogens is 1. The summed E-state index contributed by atoms with van der Waals surface area (Å²) >= 11 is 0. The summed E-state index contributed by atoms with van der Waals surface area (Å²) in [7, 11) is 0. The van der Waals surface area contributed by atoms with Crippen molar-refractivity contribution in [2.24, 2.45) is 11.5 Å². The van der Waals surface area contributed by atoms with Gasteiger partial charge in [-0.2, -0.15) is 0 Å². The first kappa shape index (κ1) is 28.3. The maximum Gasteiger partial charge on any atom is 0.255 e. The molecule has 218 valence electrons. The van der Waals surface area contributed by atoms with Crippen LogP contribution in [0.4, 0.5) is 15.8 Å². The largest absolute Gasteiger partial charge is 0.366 e. The Morgan fingerprint density at radius 3 is 2.41 bits per heavy atom. The molecule has 10 heteroatoms. The predicted octanol–water partition coefficient (Wildman–Crippen LogP) is 5.51. The van der Waals surface area contributed by atoms with Gasteiger partial charge in [0.1, 0.15) is 5.82 Å². The number of halogens is 1. The number of carbonyl (C=O) groups is 3. The van der Waals surface area contributed by atoms with Gasteiger partial charge in [0, 0.05) is 51.7 Å². The molecule has 0 saturated heterocycles. The highest BCUT2D eigenvalue weighted by molar-refractivity contribution is 6.20. The van der Waals surface area contributed by atoms with E-state index in [-0.39, 0.29) is 18.9 Å². The van der Waals surface area contributed by atoms with Crippen LogP contribution in [0.2, 0.25) is 0 Å². The third-order valence-corrected chi connectivity index (χ3v) is 7.40. The number of aromatic nitrogens is 2. The van der Waals surface area contributed by atoms with E-state index in [2.05, 4.69) is 20.6 Å². The number of benzene rings is 4. The van der Waals surface area contributed by atoms with Gasteiger partial charge in [-0.05, 0) is 77.4 Å². The summed E-state index contributed by atoms with van der Waals surface area (Å²) in [5.41, 5.74) is 17.7. The van der Waals surface area contributed by atoms with Crippen molar-refractivity contribution in [2.75, 3.05) is 10.6 Å². The molecule has 7 N–H and O–H groups in total. The number of rotatable bonds is 8. The number of nitrogens with two attached hydrogens (primary N) is 2. The van der Waals surface area contributed by atoms with E-state index >= 15 is 0 Å². The summed E-state index contributed by atoms with van der Waals surface area (Å²) in [6.07, 6.45) is 1.76. The van der Waals surface area contributed by atoms with Gasteiger partial charge in [-0.3, -0.25) is 19.4 Å². The number of anilines is 2. The molecule has 0 aliphatic rings. The van der Waals surface area contributed by atoms with E-state index in [4.69, 9.17) is 11.5 Å². The van der Waals surface area contributed by atoms with Crippen molar-refractivity contribution in [1.29, 1.82) is 0 Å². The number of aromatic amines is 1. The van der Waals surface area contributed by atoms with Crippen molar-refractivity contribution in [2.45, 2.75) is 13.0 Å². The molecule has 0 fully saturated rings. The summed E-state index contributed by atoms with van der Waals surface area (Å²) in [6.45, 7) is 0.100. The Morgan fingerprint density at radius 1 is 0.864 bits per heavy atom. The van der Waals surface area contributed by atoms with Crippen molar-refractivity contribution in [1.82, 2.24) is 9.97 Å². The number of hydrogen-bond acceptors (Lipinski definition) is 5. The van der Waals surface area contributed by atoms with Gasteiger partial charge >= 0.3 is 0 Å². The van der Waals surface area contributed by atoms with Crippen LogP contribution >= 0.6 is 0 Å². The highest BCUT2D eigenvalue weighted by atomic mass is 19.1. The summed E-state index contributed by atoms with van der Waals surface area (Å²) in [5, 5.41) is 7.33. The van der Waals surface area contributed by atoms with Gasteiger partial charge in [0.15, 0.2) is 0 Å². The molecule has 0 unspecified atom stereocenters. The number of hydrogen-bond donors (Lipinski definition) is 5. The number of nitrogens with zero attached hydrogens (tertiary/aromatic N) is 1. The average molecular weight is 587 g/mol. The number of carbonyl (C=O) groups excluding carboxylic acids is 3. The minimum absolute atomic E-state index is 0.100. The Hall–Kier alpha value is -5.87. The molecule has 6 aromatic rings. The van der Waals surface area contributed by atoms with Crippen molar-refractivity contribution >= 4 is 50.9 Å². The molecule has 2 heterocycles. The highest BCUT2D eigenvalue weighted by Gasteiger charge is 2.20. The van der Waals surface area contributed by atoms with Gasteiger partial charge in [-0.15, -0.1) is 0 Å². The zero-order valence-corrected chi connectivity index (χ0v) is 23.4. The Kier molecular flexibility index (Phi) is 7.57. The number of nitrogens with one attached hydrogen (secondary N) is 3. The van der Waals surface area contributed by atoms with Crippen LogP contribution in [0, 0.1) is 5.82 Å². The van der Waals surface area contributed by atoms with E-state index in [1.54, 1.807) is 54.7 Å². The highest BCUT2D eigenvalue weighted by Crippen LogP contribution is 2.40. The van der Waals surface area contributed by atoms with E-state index in [9.17, 15) is 18.8 Å². The fraction of sp³-hybridized carbons (Fsp3) is 0.0588. The smallest absolute Gasteiger partial charge is 0.255 e. The zero-order valence-electron chi connectivity index (χ0n) is 23.4. The van der Waals surface area contributed by atoms with Crippen molar-refractivity contribution in [3.05, 3.63) is 125 Å². The first-order chi connectivity index (χ1) is 21.3. The molecule has 3 amide bonds. The minimum Gasteiger partial charge on any atom is -0.366 e. The zero-order chi connectivity index (χ0) is 30.8. The molecule has 4 aromatic carbocycles. The second-order valence-corrected chi connectivity index (χ2v) is 10.2. The summed E-state index contributed by atoms with van der Waals surface area (Å²) in [5.74, 6) is -1.66. The number of primary amides is 1. The van der Waals surface area contributed by atoms with Crippen LogP contribution in [-0.4, -0.2) is 27.7 Å². The SMILES string of the molecule is NCc1c(NC(=O)c2ccc(F)cc2)cccc1-c1ccc(C(N)=O)c2[nH]c3cc(NC(=O)Cc4ccccn4)ccc3c12. The first-order valence-electron chi connectivity index (χ1n) is 13.8. The van der Waals surface area contributed by atoms with E-state index < -0.39 is 17.6 Å². The Labute approximate surface area is 251 Å². The number of fused-ring (bicyclic) bond motifs is 3. The summed E-state index contributed by atoms with van der Waals surface area (Å²) in [6, 6.07) is 25.0. The van der Waals surface area contributed by atoms with Gasteiger partial charge in [-0.25, -0.2) is 4.39 Å². The lowest BCUT2D eigenvalue weighted by Crippen LogP contribution is -2.15. The second-order valence-electron chi connectivity index (χ2n) is 10.2. The van der Waals surface area contributed by atoms with Crippen LogP contribution in [0.25, 0.3) is 32.9 Å². The van der Waals surface area contributed by atoms with Gasteiger partial charge in [0.25, 0.3) is 11.8 Å². The maximum absolute atomic E-state index is 13.4. The topological polar surface area (TPSA) is 156 Å². The third-order valence-electron chi connectivity index (χ3n) is 7.40. The molecule has 44 heavy (non-hydrogen) atoms. The molecule has 0 aliphatic heterocycles. The molecular formula is C34H27FN6O3. The Morgan fingerprint density at radius 2 is 1.68 bits per heavy atom. The Bertz CT molecular complexity index is 2060. The Balaban J connectivity index is 1.41. The lowest BCUT2D eigenvalue weighted by Gasteiger charge is -2.16. The fourth-order valence-corrected chi connectivity index (χ4v) is 5.36. The van der Waals surface area contributed by atoms with Gasteiger partial charge in [-0.1, -0.05) is 30.3 Å². The standard InChI is InChI=1S/C34H27FN6O3/c35-20-9-7-19(8-10-20)34(44)41-28-6-3-5-23(27(28)18-36)24-13-14-26(33(37)43)32-31(24)25-12-11-22(16-29(25)40-32)39-30(42)17-21-4-1-2-15-38-21/h1-16,40H,17-18,36H2,(H2,37,43)(H,39,42)(H,41,44). The molecular weight excluding hydrogens is 559 g/mol. The quantitative estimate of drug-likeness (QED) is 0.159. The van der Waals surface area contributed by atoms with Crippen LogP contribution in [0.15, 0.2) is 97.2 Å². The van der Waals surface area contributed by atoms with E-state index in [0.29, 0.717) is 44.8 Å². The molecule has 0 radical (unpaired) electrons. The van der Waals surface area contributed by atoms with Crippen molar-refractivity contribution < 1.29 is 18.8 Å². The van der Waals surface area contributed by atoms with Crippen LogP contribution in [0.3, 0.4) is 0 Å². The molecule has 0 aliphatic carbocycles. The normalized spacial score (nSPS) is 11.0. The second kappa shape index (κ2) is 11.8. The van der Waals surface area contributed by atoms with Crippen molar-refractivity contribution in [3.8, 4) is 11.1 Å². The van der Waals surface area contributed by atoms with Gasteiger partial charge < -0.3 is 27.1 Å². The predicted molar refractivity (Wildman–Crippen MR) is 169 cm³/mol. The lowest BCUT2D eigenvalue weighted by atomic mass is 9.92. The number of pyridine rings is 1. The van der Waals surface area contributed by atoms with Gasteiger partial charge in [0.05, 0.1) is 17.5 Å². The molecule has 0 atom stereocenters. The molecule has 0 bridgehead atoms. The first-order valence-corrected chi connectivity index (χ1v) is 13.8. The lowest BCUT2D eigenvalue weighted by molar-refractivity contribution is -0.115. The summed E-state index contributed by atoms with van der Waals surface area (Å²) in [4.78, 5) is 45.6. The molecule has 0 saturated carbocycles. The van der Waals surface area contributed by atoms with Crippen LogP contribution in [0.1, 0.15) is 32.0 Å². The van der Waals surface area contributed by atoms with E-state index in [0.717, 1.165) is 21.9 Å². The molecule has 2 aromatic heterocycles. The third kappa shape index (κ3) is 5.49. The molecule has 6 rings (SSSR count). The molecule has 0 spiro atoms. The van der Waals surface area contributed by atoms with Crippen LogP contribution in [-0.2, 0) is 17.8 Å². The van der Waals surface area contributed by atoms with E-state index in [1.807, 2.05) is 18.2 Å². The average Bonchev–Trinajstić information content (AvgIpc) is 3.40. The number of amides is 3. The minimum atomic E-state index is -0.601. The fourth-order valence-electron chi connectivity index (χ4n) is 5.36. The maximum atomic E-state index is 13.4. The monoisotopic (exact) mass is 586 g/mol. The van der Waals surface area contributed by atoms with Crippen molar-refractivity contribution in [3.63, 3.8) is 0 Å². The van der Waals surface area contributed by atoms with Crippen LogP contribution in [0.5, 0.6) is 0 Å². The molecule has 9 nitrogen and oxygen atoms in total. The van der Waals surface area contributed by atoms with Crippen LogP contribution < -0.4 is 22.1 Å². The summed E-state index contributed by atoms with van der Waals surface area (Å²) < 4.78 is 13.4. The van der Waals surface area contributed by atoms with Gasteiger partial charge in [0.2, 0.25) is 5.91 Å².